The van der Waals surface area contributed by atoms with Crippen molar-refractivity contribution in [2.24, 2.45) is 0 Å². The van der Waals surface area contributed by atoms with E-state index in [0.717, 1.165) is 43.4 Å². The highest BCUT2D eigenvalue weighted by Gasteiger charge is 2.26. The SMILES string of the molecule is Oc1cc2[nH]c1C(c1ccccc1)=c1c(O)c(O)c(n1O)=C(c1ccccc1)c1ccc([nH]1)C(c1ccccc1)=c1ccc([nH]1)=C2c1ccccc1. The third-order valence-electron chi connectivity index (χ3n) is 9.59. The van der Waals surface area contributed by atoms with E-state index >= 15 is 0 Å². The van der Waals surface area contributed by atoms with Crippen molar-refractivity contribution < 1.29 is 20.5 Å². The average molecular weight is 681 g/mol. The van der Waals surface area contributed by atoms with Crippen LogP contribution in [0.4, 0.5) is 0 Å². The first kappa shape index (κ1) is 30.7. The first-order chi connectivity index (χ1) is 25.5. The van der Waals surface area contributed by atoms with E-state index in [1.807, 2.05) is 146 Å². The first-order valence-electron chi connectivity index (χ1n) is 16.9. The normalized spacial score (nSPS) is 12.8. The maximum Gasteiger partial charge on any atom is 0.188 e. The summed E-state index contributed by atoms with van der Waals surface area (Å²) in [4.78, 5) is 10.7. The Morgan fingerprint density at radius 2 is 0.788 bits per heavy atom. The minimum absolute atomic E-state index is 0.0288. The Labute approximate surface area is 297 Å². The lowest BCUT2D eigenvalue weighted by Crippen LogP contribution is -2.29. The average Bonchev–Trinajstić information content (AvgIpc) is 3.98. The highest BCUT2D eigenvalue weighted by molar-refractivity contribution is 5.87. The Morgan fingerprint density at radius 3 is 1.29 bits per heavy atom. The molecule has 0 fully saturated rings. The number of hydrogen-bond acceptors (Lipinski definition) is 4. The van der Waals surface area contributed by atoms with E-state index < -0.39 is 11.5 Å². The third kappa shape index (κ3) is 4.93. The molecule has 8 aromatic rings. The van der Waals surface area contributed by atoms with Crippen molar-refractivity contribution in [1.29, 1.82) is 0 Å². The van der Waals surface area contributed by atoms with Gasteiger partial charge in [-0.15, -0.1) is 0 Å². The molecule has 0 saturated heterocycles. The lowest BCUT2D eigenvalue weighted by Gasteiger charge is -2.11. The van der Waals surface area contributed by atoms with Gasteiger partial charge in [-0.2, -0.15) is 4.73 Å². The number of rotatable bonds is 4. The Hall–Kier alpha value is -7.32. The molecule has 1 aliphatic rings. The van der Waals surface area contributed by atoms with Gasteiger partial charge >= 0.3 is 0 Å². The van der Waals surface area contributed by atoms with Gasteiger partial charge in [0.1, 0.15) is 16.4 Å². The van der Waals surface area contributed by atoms with Crippen LogP contribution < -0.4 is 21.4 Å². The predicted octanol–water partition coefficient (Wildman–Crippen LogP) is 5.13. The molecule has 5 heterocycles. The van der Waals surface area contributed by atoms with Gasteiger partial charge in [-0.1, -0.05) is 121 Å². The van der Waals surface area contributed by atoms with Gasteiger partial charge in [-0.25, -0.2) is 0 Å². The molecule has 0 radical (unpaired) electrons. The molecule has 0 saturated carbocycles. The van der Waals surface area contributed by atoms with Crippen molar-refractivity contribution in [3.8, 4) is 17.2 Å². The van der Waals surface area contributed by atoms with E-state index in [9.17, 15) is 20.5 Å². The van der Waals surface area contributed by atoms with Crippen molar-refractivity contribution in [3.05, 3.63) is 218 Å². The minimum Gasteiger partial charge on any atom is -0.506 e. The molecule has 0 aliphatic carbocycles. The highest BCUT2D eigenvalue weighted by Crippen LogP contribution is 2.34. The lowest BCUT2D eigenvalue weighted by atomic mass is 10.0. The molecule has 4 aromatic heterocycles. The minimum atomic E-state index is -0.547. The fraction of sp³-hybridized carbons (Fsp3) is 0. The van der Waals surface area contributed by atoms with Crippen LogP contribution in [0, 0.1) is 0 Å². The van der Waals surface area contributed by atoms with E-state index in [4.69, 9.17) is 0 Å². The van der Waals surface area contributed by atoms with Crippen molar-refractivity contribution in [2.75, 3.05) is 0 Å². The van der Waals surface area contributed by atoms with Gasteiger partial charge in [0.2, 0.25) is 0 Å². The van der Waals surface area contributed by atoms with Crippen LogP contribution in [-0.4, -0.2) is 40.2 Å². The second kappa shape index (κ2) is 12.2. The van der Waals surface area contributed by atoms with Crippen LogP contribution in [0.1, 0.15) is 45.0 Å². The molecule has 7 N–H and O–H groups in total. The molecule has 9 rings (SSSR count). The van der Waals surface area contributed by atoms with Crippen LogP contribution in [-0.2, 0) is 0 Å². The fourth-order valence-electron chi connectivity index (χ4n) is 7.28. The number of H-pyrrole nitrogens is 3. The van der Waals surface area contributed by atoms with Crippen LogP contribution in [0.5, 0.6) is 17.2 Å². The summed E-state index contributed by atoms with van der Waals surface area (Å²) in [6, 6.07) is 48.0. The molecule has 4 aromatic carbocycles. The topological polar surface area (TPSA) is 133 Å². The molecule has 0 amide bonds. The summed E-state index contributed by atoms with van der Waals surface area (Å²) < 4.78 is 0.807. The zero-order valence-corrected chi connectivity index (χ0v) is 27.7. The molecule has 1 aliphatic heterocycles. The molecule has 0 spiro atoms. The highest BCUT2D eigenvalue weighted by atomic mass is 16.5. The lowest BCUT2D eigenvalue weighted by molar-refractivity contribution is 0.167. The Bertz CT molecular complexity index is 2860. The van der Waals surface area contributed by atoms with Gasteiger partial charge in [0.15, 0.2) is 11.5 Å². The van der Waals surface area contributed by atoms with Gasteiger partial charge in [0.25, 0.3) is 0 Å². The molecular formula is C44H32N4O4. The molecule has 8 nitrogen and oxygen atoms in total. The molecule has 8 heteroatoms. The first-order valence-corrected chi connectivity index (χ1v) is 16.9. The summed E-state index contributed by atoms with van der Waals surface area (Å²) in [5, 5.41) is 49.1. The number of benzene rings is 4. The quantitative estimate of drug-likeness (QED) is 0.130. The smallest absolute Gasteiger partial charge is 0.188 e. The Balaban J connectivity index is 1.52. The van der Waals surface area contributed by atoms with Crippen LogP contribution in [0.3, 0.4) is 0 Å². The van der Waals surface area contributed by atoms with Gasteiger partial charge < -0.3 is 35.5 Å². The maximum atomic E-state index is 12.2. The maximum absolute atomic E-state index is 12.2. The second-order valence-electron chi connectivity index (χ2n) is 12.7. The molecule has 0 atom stereocenters. The van der Waals surface area contributed by atoms with E-state index in [0.29, 0.717) is 28.1 Å². The largest absolute Gasteiger partial charge is 0.506 e. The fourth-order valence-corrected chi connectivity index (χ4v) is 7.28. The van der Waals surface area contributed by atoms with E-state index in [2.05, 4.69) is 15.0 Å². The second-order valence-corrected chi connectivity index (χ2v) is 12.7. The van der Waals surface area contributed by atoms with Gasteiger partial charge in [0, 0.05) is 50.4 Å². The van der Waals surface area contributed by atoms with Gasteiger partial charge in [0.05, 0.1) is 11.4 Å². The number of nitrogens with zero attached hydrogens (tertiary/aromatic N) is 1. The summed E-state index contributed by atoms with van der Waals surface area (Å²) >= 11 is 0. The summed E-state index contributed by atoms with van der Waals surface area (Å²) in [6.45, 7) is 0. The van der Waals surface area contributed by atoms with Crippen LogP contribution in [0.15, 0.2) is 152 Å². The molecule has 52 heavy (non-hydrogen) atoms. The summed E-state index contributed by atoms with van der Waals surface area (Å²) in [7, 11) is 0. The zero-order valence-electron chi connectivity index (χ0n) is 27.7. The Morgan fingerprint density at radius 1 is 0.385 bits per heavy atom. The van der Waals surface area contributed by atoms with E-state index in [-0.39, 0.29) is 27.7 Å². The van der Waals surface area contributed by atoms with Crippen LogP contribution >= 0.6 is 0 Å². The number of hydrogen-bond donors (Lipinski definition) is 7. The van der Waals surface area contributed by atoms with E-state index in [1.165, 1.54) is 0 Å². The standard InChI is InChI=1S/C44H32N4O4/c49-35-25-34-37(27-15-7-2-8-16-27)32-22-21-30(45-32)36(26-13-5-1-6-14-26)31-23-24-33(46-31)38(28-17-9-3-10-18-28)41-43(50)44(51)42(48(41)52)39(40(35)47-34)29-19-11-4-12-20-29/h1-25,45-47,49-52H. The third-order valence-corrected chi connectivity index (χ3v) is 9.59. The Kier molecular flexibility index (Phi) is 7.22. The zero-order chi connectivity index (χ0) is 35.3. The molecular weight excluding hydrogens is 649 g/mol. The van der Waals surface area contributed by atoms with Crippen molar-refractivity contribution >= 4 is 22.3 Å². The van der Waals surface area contributed by atoms with Gasteiger partial charge in [-0.3, -0.25) is 0 Å². The summed E-state index contributed by atoms with van der Waals surface area (Å²) in [5.41, 5.74) is 7.73. The predicted molar refractivity (Wildman–Crippen MR) is 200 cm³/mol. The number of aromatic hydroxyl groups is 3. The summed E-state index contributed by atoms with van der Waals surface area (Å²) in [5.74, 6) is -1.18. The van der Waals surface area contributed by atoms with E-state index in [1.54, 1.807) is 6.07 Å². The van der Waals surface area contributed by atoms with Crippen molar-refractivity contribution in [1.82, 2.24) is 19.7 Å². The number of aromatic amines is 3. The van der Waals surface area contributed by atoms with Crippen LogP contribution in [0.2, 0.25) is 0 Å². The number of aromatic nitrogens is 4. The van der Waals surface area contributed by atoms with Crippen LogP contribution in [0.25, 0.3) is 22.3 Å². The number of nitrogens with one attached hydrogen (secondary N) is 3. The monoisotopic (exact) mass is 680 g/mol. The summed E-state index contributed by atoms with van der Waals surface area (Å²) in [6.07, 6.45) is 0. The molecule has 252 valence electrons. The van der Waals surface area contributed by atoms with Crippen molar-refractivity contribution in [3.63, 3.8) is 0 Å². The van der Waals surface area contributed by atoms with Gasteiger partial charge in [-0.05, 0) is 46.5 Å². The number of fused-ring (bicyclic) bond motifs is 8. The molecule has 8 bridgehead atoms. The van der Waals surface area contributed by atoms with Crippen molar-refractivity contribution in [2.45, 2.75) is 0 Å². The molecule has 0 unspecified atom stereocenters.